The summed E-state index contributed by atoms with van der Waals surface area (Å²) >= 11 is 0. The molecule has 0 fully saturated rings. The number of amides is 2. The van der Waals surface area contributed by atoms with E-state index < -0.39 is 11.8 Å². The Kier molecular flexibility index (Phi) is 4.85. The van der Waals surface area contributed by atoms with Crippen molar-refractivity contribution in [2.45, 2.75) is 6.92 Å². The predicted molar refractivity (Wildman–Crippen MR) is 99.5 cm³/mol. The van der Waals surface area contributed by atoms with E-state index in [9.17, 15) is 9.59 Å². The average Bonchev–Trinajstić information content (AvgIpc) is 2.62. The SMILES string of the molecule is Cc1cccc(NC(=O)C(=O)NN=Cc2cccc3ccccc23)c1. The van der Waals surface area contributed by atoms with Crippen LogP contribution in [-0.2, 0) is 9.59 Å². The van der Waals surface area contributed by atoms with Crippen LogP contribution in [0.15, 0.2) is 71.8 Å². The third-order valence-electron chi connectivity index (χ3n) is 3.68. The molecular weight excluding hydrogens is 314 g/mol. The molecule has 0 heterocycles. The normalized spacial score (nSPS) is 10.8. The molecular formula is C20H17N3O2. The van der Waals surface area contributed by atoms with Gasteiger partial charge < -0.3 is 5.32 Å². The number of aryl methyl sites for hydroxylation is 1. The van der Waals surface area contributed by atoms with Crippen LogP contribution in [-0.4, -0.2) is 18.0 Å². The van der Waals surface area contributed by atoms with E-state index in [1.54, 1.807) is 12.1 Å². The predicted octanol–water partition coefficient (Wildman–Crippen LogP) is 3.24. The first-order valence-corrected chi connectivity index (χ1v) is 7.82. The van der Waals surface area contributed by atoms with Gasteiger partial charge in [-0.25, -0.2) is 5.43 Å². The molecule has 0 aromatic heterocycles. The molecule has 3 aromatic rings. The largest absolute Gasteiger partial charge is 0.329 e. The minimum absolute atomic E-state index is 0.568. The highest BCUT2D eigenvalue weighted by Gasteiger charge is 2.12. The summed E-state index contributed by atoms with van der Waals surface area (Å²) in [7, 11) is 0. The minimum atomic E-state index is -0.821. The first kappa shape index (κ1) is 16.4. The van der Waals surface area contributed by atoms with Crippen molar-refractivity contribution in [1.29, 1.82) is 0 Å². The van der Waals surface area contributed by atoms with Crippen molar-refractivity contribution in [1.82, 2.24) is 5.43 Å². The second-order valence-electron chi connectivity index (χ2n) is 5.59. The number of nitrogens with zero attached hydrogens (tertiary/aromatic N) is 1. The number of benzene rings is 3. The molecule has 0 saturated heterocycles. The maximum Gasteiger partial charge on any atom is 0.329 e. The molecule has 0 aliphatic heterocycles. The quantitative estimate of drug-likeness (QED) is 0.439. The van der Waals surface area contributed by atoms with E-state index in [0.29, 0.717) is 5.69 Å². The van der Waals surface area contributed by atoms with E-state index in [0.717, 1.165) is 21.9 Å². The third-order valence-corrected chi connectivity index (χ3v) is 3.68. The Morgan fingerprint density at radius 3 is 2.52 bits per heavy atom. The molecule has 2 N–H and O–H groups in total. The Hall–Kier alpha value is -3.47. The van der Waals surface area contributed by atoms with Crippen molar-refractivity contribution < 1.29 is 9.59 Å². The number of nitrogens with one attached hydrogen (secondary N) is 2. The average molecular weight is 331 g/mol. The lowest BCUT2D eigenvalue weighted by Crippen LogP contribution is -2.32. The highest BCUT2D eigenvalue weighted by Crippen LogP contribution is 2.16. The monoisotopic (exact) mass is 331 g/mol. The topological polar surface area (TPSA) is 70.6 Å². The van der Waals surface area contributed by atoms with Gasteiger partial charge in [-0.3, -0.25) is 9.59 Å². The van der Waals surface area contributed by atoms with Crippen LogP contribution in [0, 0.1) is 6.92 Å². The molecule has 124 valence electrons. The number of fused-ring (bicyclic) bond motifs is 1. The van der Waals surface area contributed by atoms with E-state index in [4.69, 9.17) is 0 Å². The zero-order chi connectivity index (χ0) is 17.6. The standard InChI is InChI=1S/C20H17N3O2/c1-14-6-4-10-17(12-14)22-19(24)20(25)23-21-13-16-9-5-8-15-7-2-3-11-18(15)16/h2-13H,1H3,(H,22,24)(H,23,25). The molecule has 0 bridgehead atoms. The number of anilines is 1. The molecule has 5 nitrogen and oxygen atoms in total. The Morgan fingerprint density at radius 1 is 0.920 bits per heavy atom. The van der Waals surface area contributed by atoms with Crippen LogP contribution in [0.4, 0.5) is 5.69 Å². The van der Waals surface area contributed by atoms with Crippen LogP contribution in [0.3, 0.4) is 0 Å². The summed E-state index contributed by atoms with van der Waals surface area (Å²) in [6, 6.07) is 20.9. The number of rotatable bonds is 3. The van der Waals surface area contributed by atoms with Crippen LogP contribution < -0.4 is 10.7 Å². The van der Waals surface area contributed by atoms with E-state index in [2.05, 4.69) is 15.8 Å². The first-order valence-electron chi connectivity index (χ1n) is 7.82. The molecule has 0 radical (unpaired) electrons. The van der Waals surface area contributed by atoms with Gasteiger partial charge in [-0.05, 0) is 35.4 Å². The fraction of sp³-hybridized carbons (Fsp3) is 0.0500. The summed E-state index contributed by atoms with van der Waals surface area (Å²) in [4.78, 5) is 23.7. The smallest absolute Gasteiger partial charge is 0.318 e. The molecule has 25 heavy (non-hydrogen) atoms. The van der Waals surface area contributed by atoms with Gasteiger partial charge in [0, 0.05) is 11.3 Å². The highest BCUT2D eigenvalue weighted by molar-refractivity contribution is 6.39. The molecule has 3 aromatic carbocycles. The number of hydrazone groups is 1. The maximum atomic E-state index is 11.9. The number of carbonyl (C=O) groups excluding carboxylic acids is 2. The van der Waals surface area contributed by atoms with Crippen molar-refractivity contribution in [3.8, 4) is 0 Å². The second-order valence-corrected chi connectivity index (χ2v) is 5.59. The van der Waals surface area contributed by atoms with Gasteiger partial charge in [-0.1, -0.05) is 54.6 Å². The molecule has 5 heteroatoms. The van der Waals surface area contributed by atoms with Crippen molar-refractivity contribution >= 4 is 34.5 Å². The fourth-order valence-electron chi connectivity index (χ4n) is 2.48. The van der Waals surface area contributed by atoms with Crippen LogP contribution in [0.5, 0.6) is 0 Å². The summed E-state index contributed by atoms with van der Waals surface area (Å²) in [5.74, 6) is -1.58. The van der Waals surface area contributed by atoms with Gasteiger partial charge >= 0.3 is 11.8 Å². The summed E-state index contributed by atoms with van der Waals surface area (Å²) in [5, 5.41) is 8.52. The number of hydrogen-bond acceptors (Lipinski definition) is 3. The van der Waals surface area contributed by atoms with E-state index in [-0.39, 0.29) is 0 Å². The van der Waals surface area contributed by atoms with Gasteiger partial charge in [0.05, 0.1) is 6.21 Å². The first-order chi connectivity index (χ1) is 12.1. The molecule has 3 rings (SSSR count). The van der Waals surface area contributed by atoms with Crippen LogP contribution in [0.2, 0.25) is 0 Å². The van der Waals surface area contributed by atoms with E-state index in [1.807, 2.05) is 61.5 Å². The van der Waals surface area contributed by atoms with Crippen molar-refractivity contribution in [2.24, 2.45) is 5.10 Å². The zero-order valence-electron chi connectivity index (χ0n) is 13.7. The van der Waals surface area contributed by atoms with Gasteiger partial charge in [0.1, 0.15) is 0 Å². The van der Waals surface area contributed by atoms with Crippen LogP contribution in [0.25, 0.3) is 10.8 Å². The zero-order valence-corrected chi connectivity index (χ0v) is 13.7. The number of hydrogen-bond donors (Lipinski definition) is 2. The highest BCUT2D eigenvalue weighted by atomic mass is 16.2. The van der Waals surface area contributed by atoms with Gasteiger partial charge in [-0.15, -0.1) is 0 Å². The Morgan fingerprint density at radius 2 is 1.68 bits per heavy atom. The molecule has 0 unspecified atom stereocenters. The van der Waals surface area contributed by atoms with Gasteiger partial charge in [0.15, 0.2) is 0 Å². The Labute approximate surface area is 145 Å². The lowest BCUT2D eigenvalue weighted by atomic mass is 10.1. The Balaban J connectivity index is 1.65. The molecule has 2 amide bonds. The summed E-state index contributed by atoms with van der Waals surface area (Å²) < 4.78 is 0. The van der Waals surface area contributed by atoms with Crippen LogP contribution in [0.1, 0.15) is 11.1 Å². The lowest BCUT2D eigenvalue weighted by molar-refractivity contribution is -0.136. The van der Waals surface area contributed by atoms with E-state index >= 15 is 0 Å². The molecule has 0 aliphatic carbocycles. The minimum Gasteiger partial charge on any atom is -0.318 e. The number of carbonyl (C=O) groups is 2. The summed E-state index contributed by atoms with van der Waals surface area (Å²) in [5.41, 5.74) is 4.67. The maximum absolute atomic E-state index is 11.9. The lowest BCUT2D eigenvalue weighted by Gasteiger charge is -2.05. The molecule has 0 saturated carbocycles. The summed E-state index contributed by atoms with van der Waals surface area (Å²) in [6.07, 6.45) is 1.53. The van der Waals surface area contributed by atoms with Crippen molar-refractivity contribution in [3.05, 3.63) is 77.9 Å². The fourth-order valence-corrected chi connectivity index (χ4v) is 2.48. The van der Waals surface area contributed by atoms with Crippen molar-refractivity contribution in [2.75, 3.05) is 5.32 Å². The van der Waals surface area contributed by atoms with Crippen LogP contribution >= 0.6 is 0 Å². The van der Waals surface area contributed by atoms with Gasteiger partial charge in [0.2, 0.25) is 0 Å². The Bertz CT molecular complexity index is 959. The van der Waals surface area contributed by atoms with E-state index in [1.165, 1.54) is 6.21 Å². The molecule has 0 aliphatic rings. The second kappa shape index (κ2) is 7.40. The van der Waals surface area contributed by atoms with Gasteiger partial charge in [0.25, 0.3) is 0 Å². The molecule has 0 atom stereocenters. The third kappa shape index (κ3) is 4.09. The molecule has 0 spiro atoms. The van der Waals surface area contributed by atoms with Gasteiger partial charge in [-0.2, -0.15) is 5.10 Å². The van der Waals surface area contributed by atoms with Crippen molar-refractivity contribution in [3.63, 3.8) is 0 Å². The summed E-state index contributed by atoms with van der Waals surface area (Å²) in [6.45, 7) is 1.91.